The number of nitrogens with one attached hydrogen (secondary N) is 2. The highest BCUT2D eigenvalue weighted by atomic mass is 19.1. The van der Waals surface area contributed by atoms with Gasteiger partial charge in [-0.2, -0.15) is 9.49 Å². The zero-order valence-corrected chi connectivity index (χ0v) is 24.3. The molecule has 1 aromatic heterocycles. The Kier molecular flexibility index (Phi) is 8.44. The molecule has 0 saturated carbocycles. The van der Waals surface area contributed by atoms with E-state index < -0.39 is 11.5 Å². The number of halogens is 1. The first-order chi connectivity index (χ1) is 20.1. The van der Waals surface area contributed by atoms with Gasteiger partial charge >= 0.3 is 6.09 Å². The number of nitrogens with zero attached hydrogens (tertiary/aromatic N) is 3. The van der Waals surface area contributed by atoms with Gasteiger partial charge in [-0.15, -0.1) is 0 Å². The molecule has 3 aromatic carbocycles. The van der Waals surface area contributed by atoms with Crippen LogP contribution in [0.15, 0.2) is 66.7 Å². The summed E-state index contributed by atoms with van der Waals surface area (Å²) in [5.74, 6) is -0.0215. The number of carbonyl (C=O) groups excluding carboxylic acids is 2. The van der Waals surface area contributed by atoms with E-state index in [1.165, 1.54) is 0 Å². The monoisotopic (exact) mass is 573 g/mol. The average Bonchev–Trinajstić information content (AvgIpc) is 3.36. The van der Waals surface area contributed by atoms with Crippen molar-refractivity contribution < 1.29 is 23.5 Å². The molecule has 1 aliphatic rings. The topological polar surface area (TPSA) is 99.8 Å². The second-order valence-electron chi connectivity index (χ2n) is 11.4. The molecule has 0 bridgehead atoms. The predicted octanol–water partition coefficient (Wildman–Crippen LogP) is 5.40. The Hall–Kier alpha value is -4.44. The molecule has 2 heterocycles. The van der Waals surface area contributed by atoms with Gasteiger partial charge in [-0.25, -0.2) is 4.79 Å². The molecular formula is C32H36FN5O4. The molecule has 1 atom stereocenters. The number of aromatic nitrogens is 2. The fraction of sp³-hybridized carbons (Fsp3) is 0.344. The molecule has 0 aliphatic carbocycles. The summed E-state index contributed by atoms with van der Waals surface area (Å²) in [4.78, 5) is 30.1. The minimum atomic E-state index is -0.546. The molecule has 0 spiro atoms. The van der Waals surface area contributed by atoms with Crippen molar-refractivity contribution in [2.45, 2.75) is 32.4 Å². The van der Waals surface area contributed by atoms with E-state index in [2.05, 4.69) is 20.4 Å². The third-order valence-electron chi connectivity index (χ3n) is 7.23. The van der Waals surface area contributed by atoms with Crippen LogP contribution in [0.5, 0.6) is 5.75 Å². The largest absolute Gasteiger partial charge is 0.497 e. The second-order valence-corrected chi connectivity index (χ2v) is 11.4. The molecule has 1 aliphatic heterocycles. The molecule has 4 aromatic rings. The number of methoxy groups -OCH3 is 1. The van der Waals surface area contributed by atoms with Crippen LogP contribution in [0.1, 0.15) is 42.7 Å². The first-order valence-electron chi connectivity index (χ1n) is 14.0. The van der Waals surface area contributed by atoms with Gasteiger partial charge in [-0.3, -0.25) is 14.8 Å². The Labute approximate surface area is 244 Å². The lowest BCUT2D eigenvalue weighted by Gasteiger charge is -2.37. The molecule has 42 heavy (non-hydrogen) atoms. The fourth-order valence-electron chi connectivity index (χ4n) is 5.03. The summed E-state index contributed by atoms with van der Waals surface area (Å²) >= 11 is 0. The maximum atomic E-state index is 14.1. The Balaban J connectivity index is 1.32. The summed E-state index contributed by atoms with van der Waals surface area (Å²) in [6.45, 7) is 8.50. The molecule has 10 heteroatoms. The summed E-state index contributed by atoms with van der Waals surface area (Å²) < 4.78 is 25.1. The van der Waals surface area contributed by atoms with E-state index in [4.69, 9.17) is 9.47 Å². The van der Waals surface area contributed by atoms with E-state index in [9.17, 15) is 14.0 Å². The predicted molar refractivity (Wildman–Crippen MR) is 159 cm³/mol. The van der Waals surface area contributed by atoms with Crippen LogP contribution in [0.2, 0.25) is 0 Å². The van der Waals surface area contributed by atoms with Crippen molar-refractivity contribution in [3.8, 4) is 16.9 Å². The normalized spacial score (nSPS) is 14.9. The van der Waals surface area contributed by atoms with Crippen LogP contribution in [0.25, 0.3) is 22.0 Å². The van der Waals surface area contributed by atoms with Crippen LogP contribution in [0.3, 0.4) is 0 Å². The molecule has 1 saturated heterocycles. The Morgan fingerprint density at radius 1 is 1.00 bits per heavy atom. The van der Waals surface area contributed by atoms with E-state index in [0.717, 1.165) is 16.7 Å². The van der Waals surface area contributed by atoms with Crippen LogP contribution < -0.4 is 10.1 Å². The SMILES string of the molecule is COc1cccc(C(CN2CCN(C(=O)OC(C)(C)C)CC2)NC(=O)c2cccc(-c3ccc4n[nH]c(F)c4c3)c2)c1. The van der Waals surface area contributed by atoms with Crippen LogP contribution in [-0.4, -0.2) is 77.4 Å². The van der Waals surface area contributed by atoms with Crippen molar-refractivity contribution >= 4 is 22.9 Å². The number of hydrogen-bond acceptors (Lipinski definition) is 6. The highest BCUT2D eigenvalue weighted by Gasteiger charge is 2.28. The quantitative estimate of drug-likeness (QED) is 0.307. The zero-order valence-electron chi connectivity index (χ0n) is 24.3. The number of aromatic amines is 1. The number of H-pyrrole nitrogens is 1. The Morgan fingerprint density at radius 3 is 2.48 bits per heavy atom. The van der Waals surface area contributed by atoms with Crippen molar-refractivity contribution in [2.24, 2.45) is 0 Å². The van der Waals surface area contributed by atoms with Crippen molar-refractivity contribution in [3.63, 3.8) is 0 Å². The lowest BCUT2D eigenvalue weighted by molar-refractivity contribution is 0.0139. The van der Waals surface area contributed by atoms with Gasteiger partial charge in [0.2, 0.25) is 5.95 Å². The molecule has 0 radical (unpaired) electrons. The van der Waals surface area contributed by atoms with Crippen LogP contribution in [0.4, 0.5) is 9.18 Å². The molecule has 220 valence electrons. The molecule has 9 nitrogen and oxygen atoms in total. The van der Waals surface area contributed by atoms with Gasteiger partial charge in [0.05, 0.1) is 24.1 Å². The van der Waals surface area contributed by atoms with Gasteiger partial charge in [0.25, 0.3) is 5.91 Å². The van der Waals surface area contributed by atoms with Gasteiger partial charge in [-0.1, -0.05) is 30.3 Å². The van der Waals surface area contributed by atoms with Crippen LogP contribution >= 0.6 is 0 Å². The van der Waals surface area contributed by atoms with Crippen LogP contribution in [-0.2, 0) is 4.74 Å². The minimum absolute atomic E-state index is 0.229. The zero-order chi connectivity index (χ0) is 29.9. The minimum Gasteiger partial charge on any atom is -0.497 e. The second kappa shape index (κ2) is 12.2. The lowest BCUT2D eigenvalue weighted by atomic mass is 10.0. The number of amides is 2. The van der Waals surface area contributed by atoms with E-state index >= 15 is 0 Å². The van der Waals surface area contributed by atoms with E-state index in [-0.39, 0.29) is 18.0 Å². The van der Waals surface area contributed by atoms with Gasteiger partial charge in [0, 0.05) is 38.3 Å². The van der Waals surface area contributed by atoms with Gasteiger partial charge in [-0.05, 0) is 73.9 Å². The van der Waals surface area contributed by atoms with E-state index in [1.807, 2.05) is 63.2 Å². The first kappa shape index (κ1) is 29.1. The smallest absolute Gasteiger partial charge is 0.410 e. The Morgan fingerprint density at radius 2 is 1.74 bits per heavy atom. The molecule has 1 fully saturated rings. The standard InChI is InChI=1S/C32H36FN5O4/c1-32(2,3)42-31(40)38-15-13-37(14-16-38)20-28(23-8-6-10-25(18-23)41-4)34-30(39)24-9-5-7-21(17-24)22-11-12-27-26(19-22)29(33)36-35-27/h5-12,17-19,28H,13-16,20H2,1-4H3,(H,34,39)(H,35,36). The molecule has 2 N–H and O–H groups in total. The van der Waals surface area contributed by atoms with Crippen molar-refractivity contribution in [1.82, 2.24) is 25.3 Å². The van der Waals surface area contributed by atoms with Gasteiger partial charge in [0.15, 0.2) is 0 Å². The van der Waals surface area contributed by atoms with Crippen LogP contribution in [0, 0.1) is 5.95 Å². The van der Waals surface area contributed by atoms with Crippen molar-refractivity contribution in [2.75, 3.05) is 39.8 Å². The number of rotatable bonds is 7. The third-order valence-corrected chi connectivity index (χ3v) is 7.23. The summed E-state index contributed by atoms with van der Waals surface area (Å²) in [7, 11) is 1.61. The summed E-state index contributed by atoms with van der Waals surface area (Å²) in [6, 6.07) is 19.9. The molecular weight excluding hydrogens is 537 g/mol. The fourth-order valence-corrected chi connectivity index (χ4v) is 5.03. The van der Waals surface area contributed by atoms with E-state index in [0.29, 0.717) is 54.9 Å². The Bertz CT molecular complexity index is 1570. The number of benzene rings is 3. The van der Waals surface area contributed by atoms with Gasteiger partial charge in [0.1, 0.15) is 11.4 Å². The van der Waals surface area contributed by atoms with E-state index in [1.54, 1.807) is 36.3 Å². The highest BCUT2D eigenvalue weighted by molar-refractivity contribution is 5.96. The third kappa shape index (κ3) is 6.88. The number of fused-ring (bicyclic) bond motifs is 1. The summed E-state index contributed by atoms with van der Waals surface area (Å²) in [5.41, 5.74) is 2.97. The molecule has 1 unspecified atom stereocenters. The number of ether oxygens (including phenoxy) is 2. The molecule has 2 amide bonds. The highest BCUT2D eigenvalue weighted by Crippen LogP contribution is 2.27. The van der Waals surface area contributed by atoms with Crippen molar-refractivity contribution in [3.05, 3.63) is 83.8 Å². The summed E-state index contributed by atoms with van der Waals surface area (Å²) in [6.07, 6.45) is -0.311. The maximum absolute atomic E-state index is 14.1. The number of piperazine rings is 1. The average molecular weight is 574 g/mol. The lowest BCUT2D eigenvalue weighted by Crippen LogP contribution is -2.51. The molecule has 5 rings (SSSR count). The first-order valence-corrected chi connectivity index (χ1v) is 14.0. The van der Waals surface area contributed by atoms with Crippen molar-refractivity contribution in [1.29, 1.82) is 0 Å². The number of hydrogen-bond donors (Lipinski definition) is 2. The van der Waals surface area contributed by atoms with Gasteiger partial charge < -0.3 is 19.7 Å². The maximum Gasteiger partial charge on any atom is 0.410 e. The summed E-state index contributed by atoms with van der Waals surface area (Å²) in [5, 5.41) is 9.91. The number of carbonyl (C=O) groups is 2.